The highest BCUT2D eigenvalue weighted by Gasteiger charge is 2.24. The van der Waals surface area contributed by atoms with E-state index >= 15 is 0 Å². The number of amides is 1. The molecule has 0 fully saturated rings. The van der Waals surface area contributed by atoms with Crippen LogP contribution in [0.3, 0.4) is 0 Å². The average Bonchev–Trinajstić information content (AvgIpc) is 2.36. The molecule has 1 atom stereocenters. The van der Waals surface area contributed by atoms with E-state index in [2.05, 4.69) is 0 Å². The van der Waals surface area contributed by atoms with Gasteiger partial charge < -0.3 is 14.7 Å². The number of nitrogens with zero attached hydrogens (tertiary/aromatic N) is 1. The summed E-state index contributed by atoms with van der Waals surface area (Å²) in [6, 6.07) is 6.96. The maximum atomic E-state index is 11.9. The molecule has 1 rings (SSSR count). The van der Waals surface area contributed by atoms with E-state index in [4.69, 9.17) is 9.84 Å². The zero-order chi connectivity index (χ0) is 14.6. The van der Waals surface area contributed by atoms with E-state index in [0.29, 0.717) is 11.4 Å². The van der Waals surface area contributed by atoms with Crippen molar-refractivity contribution in [2.24, 2.45) is 5.92 Å². The van der Waals surface area contributed by atoms with Gasteiger partial charge in [-0.15, -0.1) is 0 Å². The Labute approximate surface area is 112 Å². The Bertz CT molecular complexity index is 453. The van der Waals surface area contributed by atoms with Crippen LogP contribution >= 0.6 is 0 Å². The molecule has 0 aromatic heterocycles. The van der Waals surface area contributed by atoms with E-state index < -0.39 is 17.8 Å². The van der Waals surface area contributed by atoms with Crippen molar-refractivity contribution in [1.82, 2.24) is 0 Å². The number of carboxylic acids is 1. The Morgan fingerprint density at radius 3 is 2.11 bits per heavy atom. The Balaban J connectivity index is 2.80. The van der Waals surface area contributed by atoms with Crippen LogP contribution in [-0.4, -0.2) is 30.1 Å². The lowest BCUT2D eigenvalue weighted by molar-refractivity contribution is -0.145. The molecule has 1 amide bonds. The molecular weight excluding hydrogens is 246 g/mol. The summed E-state index contributed by atoms with van der Waals surface area (Å²) in [5.41, 5.74) is 0.634. The molecule has 0 bridgehead atoms. The van der Waals surface area contributed by atoms with Crippen molar-refractivity contribution in [3.05, 3.63) is 24.3 Å². The van der Waals surface area contributed by atoms with E-state index in [1.807, 2.05) is 13.8 Å². The fourth-order valence-electron chi connectivity index (χ4n) is 1.54. The van der Waals surface area contributed by atoms with Gasteiger partial charge in [-0.05, 0) is 45.0 Å². The van der Waals surface area contributed by atoms with E-state index in [1.54, 1.807) is 31.3 Å². The summed E-state index contributed by atoms with van der Waals surface area (Å²) in [5, 5.41) is 8.82. The van der Waals surface area contributed by atoms with Crippen LogP contribution < -0.4 is 9.64 Å². The third-order valence-electron chi connectivity index (χ3n) is 2.67. The molecule has 104 valence electrons. The summed E-state index contributed by atoms with van der Waals surface area (Å²) in [6.07, 6.45) is 0.0808. The number of aliphatic carboxylic acids is 1. The molecule has 0 aliphatic rings. The van der Waals surface area contributed by atoms with Crippen LogP contribution in [0.5, 0.6) is 5.75 Å². The van der Waals surface area contributed by atoms with Gasteiger partial charge in [-0.2, -0.15) is 0 Å². The minimum atomic E-state index is -1.13. The van der Waals surface area contributed by atoms with Gasteiger partial charge in [-0.3, -0.25) is 9.59 Å². The van der Waals surface area contributed by atoms with Gasteiger partial charge in [0.1, 0.15) is 11.7 Å². The van der Waals surface area contributed by atoms with Gasteiger partial charge in [-0.25, -0.2) is 0 Å². The average molecular weight is 265 g/mol. The third-order valence-corrected chi connectivity index (χ3v) is 2.67. The lowest BCUT2D eigenvalue weighted by atomic mass is 10.1. The van der Waals surface area contributed by atoms with Crippen molar-refractivity contribution in [2.75, 3.05) is 11.9 Å². The number of hydrogen-bond donors (Lipinski definition) is 1. The van der Waals surface area contributed by atoms with E-state index in [-0.39, 0.29) is 6.10 Å². The van der Waals surface area contributed by atoms with E-state index in [9.17, 15) is 9.59 Å². The molecule has 1 aromatic carbocycles. The standard InChI is InChI=1S/C14H19NO4/c1-9(2)19-12-7-5-11(6-8-12)15(4)13(16)10(3)14(17)18/h5-10H,1-4H3,(H,17,18). The fourth-order valence-corrected chi connectivity index (χ4v) is 1.54. The summed E-state index contributed by atoms with van der Waals surface area (Å²) in [7, 11) is 1.56. The highest BCUT2D eigenvalue weighted by Crippen LogP contribution is 2.20. The number of benzene rings is 1. The van der Waals surface area contributed by atoms with Gasteiger partial charge in [0, 0.05) is 12.7 Å². The van der Waals surface area contributed by atoms with Crippen LogP contribution in [0.1, 0.15) is 20.8 Å². The fraction of sp³-hybridized carbons (Fsp3) is 0.429. The predicted octanol–water partition coefficient (Wildman–Crippen LogP) is 2.16. The maximum Gasteiger partial charge on any atom is 0.315 e. The van der Waals surface area contributed by atoms with Crippen LogP contribution in [-0.2, 0) is 9.59 Å². The third kappa shape index (κ3) is 3.98. The topological polar surface area (TPSA) is 66.8 Å². The van der Waals surface area contributed by atoms with Crippen LogP contribution in [0.2, 0.25) is 0 Å². The zero-order valence-corrected chi connectivity index (χ0v) is 11.6. The van der Waals surface area contributed by atoms with Gasteiger partial charge in [0.2, 0.25) is 5.91 Å². The Morgan fingerprint density at radius 1 is 1.16 bits per heavy atom. The second kappa shape index (κ2) is 6.22. The van der Waals surface area contributed by atoms with E-state index in [0.717, 1.165) is 0 Å². The molecular formula is C14H19NO4. The predicted molar refractivity (Wildman–Crippen MR) is 72.4 cm³/mol. The highest BCUT2D eigenvalue weighted by molar-refractivity contribution is 6.05. The van der Waals surface area contributed by atoms with Crippen molar-refractivity contribution in [1.29, 1.82) is 0 Å². The summed E-state index contributed by atoms with van der Waals surface area (Å²) in [4.78, 5) is 24.0. The molecule has 1 aromatic rings. The van der Waals surface area contributed by atoms with Crippen LogP contribution in [0, 0.1) is 5.92 Å². The number of carbonyl (C=O) groups is 2. The second-order valence-electron chi connectivity index (χ2n) is 4.62. The molecule has 5 nitrogen and oxygen atoms in total. The number of rotatable bonds is 5. The summed E-state index contributed by atoms with van der Waals surface area (Å²) < 4.78 is 5.50. The number of anilines is 1. The summed E-state index contributed by atoms with van der Waals surface area (Å²) in [5.74, 6) is -1.93. The van der Waals surface area contributed by atoms with Gasteiger partial charge in [0.25, 0.3) is 0 Å². The summed E-state index contributed by atoms with van der Waals surface area (Å²) in [6.45, 7) is 5.23. The SMILES string of the molecule is CC(C)Oc1ccc(N(C)C(=O)C(C)C(=O)O)cc1. The zero-order valence-electron chi connectivity index (χ0n) is 11.6. The largest absolute Gasteiger partial charge is 0.491 e. The lowest BCUT2D eigenvalue weighted by Crippen LogP contribution is -2.35. The van der Waals surface area contributed by atoms with Gasteiger partial charge >= 0.3 is 5.97 Å². The minimum Gasteiger partial charge on any atom is -0.491 e. The minimum absolute atomic E-state index is 0.0808. The molecule has 1 N–H and O–H groups in total. The van der Waals surface area contributed by atoms with Crippen molar-refractivity contribution in [3.8, 4) is 5.75 Å². The monoisotopic (exact) mass is 265 g/mol. The maximum absolute atomic E-state index is 11.9. The normalized spacial score (nSPS) is 12.1. The van der Waals surface area contributed by atoms with Gasteiger partial charge in [-0.1, -0.05) is 0 Å². The van der Waals surface area contributed by atoms with Gasteiger partial charge in [0.15, 0.2) is 0 Å². The first-order valence-corrected chi connectivity index (χ1v) is 6.10. The molecule has 0 spiro atoms. The number of ether oxygens (including phenoxy) is 1. The molecule has 5 heteroatoms. The molecule has 1 unspecified atom stereocenters. The molecule has 0 saturated heterocycles. The summed E-state index contributed by atoms with van der Waals surface area (Å²) >= 11 is 0. The first kappa shape index (κ1) is 15.0. The molecule has 0 aliphatic carbocycles. The van der Waals surface area contributed by atoms with Crippen LogP contribution in [0.4, 0.5) is 5.69 Å². The van der Waals surface area contributed by atoms with Crippen molar-refractivity contribution in [2.45, 2.75) is 26.9 Å². The Kier molecular flexibility index (Phi) is 4.92. The smallest absolute Gasteiger partial charge is 0.315 e. The number of carbonyl (C=O) groups excluding carboxylic acids is 1. The van der Waals surface area contributed by atoms with Crippen LogP contribution in [0.15, 0.2) is 24.3 Å². The molecule has 0 aliphatic heterocycles. The quantitative estimate of drug-likeness (QED) is 0.828. The van der Waals surface area contributed by atoms with Crippen LogP contribution in [0.25, 0.3) is 0 Å². The van der Waals surface area contributed by atoms with Crippen molar-refractivity contribution in [3.63, 3.8) is 0 Å². The second-order valence-corrected chi connectivity index (χ2v) is 4.62. The molecule has 0 heterocycles. The first-order chi connectivity index (χ1) is 8.82. The number of hydrogen-bond acceptors (Lipinski definition) is 3. The first-order valence-electron chi connectivity index (χ1n) is 6.10. The van der Waals surface area contributed by atoms with Crippen molar-refractivity contribution < 1.29 is 19.4 Å². The van der Waals surface area contributed by atoms with Crippen molar-refractivity contribution >= 4 is 17.6 Å². The lowest BCUT2D eigenvalue weighted by Gasteiger charge is -2.20. The highest BCUT2D eigenvalue weighted by atomic mass is 16.5. The Hall–Kier alpha value is -2.04. The number of carboxylic acid groups (broad SMARTS) is 1. The molecule has 0 saturated carbocycles. The Morgan fingerprint density at radius 2 is 1.68 bits per heavy atom. The molecule has 0 radical (unpaired) electrons. The van der Waals surface area contributed by atoms with Gasteiger partial charge in [0.05, 0.1) is 6.10 Å². The van der Waals surface area contributed by atoms with E-state index in [1.165, 1.54) is 11.8 Å². The molecule has 19 heavy (non-hydrogen) atoms.